The molecule has 0 rings (SSSR count). The molecule has 0 radical (unpaired) electrons. The largest absolute Gasteiger partial charge is 0.385 e. The summed E-state index contributed by atoms with van der Waals surface area (Å²) in [6.07, 6.45) is 0.855. The Hall–Kier alpha value is -0.770. The molecule has 0 saturated carbocycles. The van der Waals surface area contributed by atoms with Gasteiger partial charge in [0.05, 0.1) is 0 Å². The number of hydrogen-bond donors (Lipinski definition) is 2. The summed E-state index contributed by atoms with van der Waals surface area (Å²) >= 11 is 0. The molecule has 11 heavy (non-hydrogen) atoms. The second-order valence-corrected chi connectivity index (χ2v) is 2.13. The number of urea groups is 1. The van der Waals surface area contributed by atoms with Crippen LogP contribution in [0.1, 0.15) is 13.3 Å². The van der Waals surface area contributed by atoms with Gasteiger partial charge in [0.2, 0.25) is 0 Å². The molecule has 2 N–H and O–H groups in total. The molecule has 0 aliphatic rings. The van der Waals surface area contributed by atoms with Crippen LogP contribution in [0, 0.1) is 0 Å². The van der Waals surface area contributed by atoms with Crippen LogP contribution in [0.4, 0.5) is 4.79 Å². The molecule has 4 nitrogen and oxygen atoms in total. The highest BCUT2D eigenvalue weighted by molar-refractivity contribution is 5.73. The number of amides is 2. The fraction of sp³-hybridized carbons (Fsp3) is 0.857. The van der Waals surface area contributed by atoms with Gasteiger partial charge in [0.1, 0.15) is 0 Å². The Bertz CT molecular complexity index is 107. The van der Waals surface area contributed by atoms with Crippen LogP contribution in [-0.2, 0) is 4.74 Å². The zero-order valence-corrected chi connectivity index (χ0v) is 7.14. The third kappa shape index (κ3) is 7.12. The Kier molecular flexibility index (Phi) is 6.82. The lowest BCUT2D eigenvalue weighted by Crippen LogP contribution is -2.35. The Morgan fingerprint density at radius 1 is 1.45 bits per heavy atom. The summed E-state index contributed by atoms with van der Waals surface area (Å²) in [5, 5.41) is 5.32. The van der Waals surface area contributed by atoms with Crippen molar-refractivity contribution in [3.05, 3.63) is 0 Å². The molecule has 0 aliphatic carbocycles. The highest BCUT2D eigenvalue weighted by Gasteiger charge is 1.94. The normalized spacial score (nSPS) is 9.27. The first-order chi connectivity index (χ1) is 5.31. The number of nitrogens with one attached hydrogen (secondary N) is 2. The fourth-order valence-corrected chi connectivity index (χ4v) is 0.641. The van der Waals surface area contributed by atoms with Crippen LogP contribution >= 0.6 is 0 Å². The van der Waals surface area contributed by atoms with E-state index < -0.39 is 0 Å². The molecule has 0 fully saturated rings. The predicted octanol–water partition coefficient (Wildman–Crippen LogP) is 0.342. The maximum Gasteiger partial charge on any atom is 0.314 e. The lowest BCUT2D eigenvalue weighted by molar-refractivity contribution is 0.193. The first-order valence-corrected chi connectivity index (χ1v) is 3.82. The molecule has 0 unspecified atom stereocenters. The van der Waals surface area contributed by atoms with Gasteiger partial charge in [-0.1, -0.05) is 0 Å². The van der Waals surface area contributed by atoms with E-state index in [1.807, 2.05) is 6.92 Å². The Balaban J connectivity index is 3.04. The molecule has 0 bridgehead atoms. The number of ether oxygens (including phenoxy) is 1. The van der Waals surface area contributed by atoms with E-state index in [4.69, 9.17) is 4.74 Å². The van der Waals surface area contributed by atoms with Gasteiger partial charge in [-0.15, -0.1) is 0 Å². The Morgan fingerprint density at radius 3 is 2.73 bits per heavy atom. The molecule has 0 aromatic heterocycles. The SMILES string of the molecule is CCNC(=O)NCCCOC. The molecule has 0 aromatic rings. The topological polar surface area (TPSA) is 50.4 Å². The zero-order chi connectivity index (χ0) is 8.53. The van der Waals surface area contributed by atoms with E-state index in [1.54, 1.807) is 7.11 Å². The average molecular weight is 160 g/mol. The summed E-state index contributed by atoms with van der Waals surface area (Å²) in [6, 6.07) is -0.108. The lowest BCUT2D eigenvalue weighted by Gasteiger charge is -2.04. The summed E-state index contributed by atoms with van der Waals surface area (Å²) in [4.78, 5) is 10.7. The molecule has 0 aromatic carbocycles. The molecule has 0 aliphatic heterocycles. The Morgan fingerprint density at radius 2 is 2.18 bits per heavy atom. The van der Waals surface area contributed by atoms with Crippen LogP contribution in [0.25, 0.3) is 0 Å². The second-order valence-electron chi connectivity index (χ2n) is 2.13. The summed E-state index contributed by atoms with van der Waals surface area (Å²) in [5.74, 6) is 0. The van der Waals surface area contributed by atoms with E-state index >= 15 is 0 Å². The number of hydrogen-bond acceptors (Lipinski definition) is 2. The van der Waals surface area contributed by atoms with Gasteiger partial charge in [-0.05, 0) is 13.3 Å². The first kappa shape index (κ1) is 10.2. The maximum absolute atomic E-state index is 10.7. The van der Waals surface area contributed by atoms with Crippen LogP contribution in [-0.4, -0.2) is 32.8 Å². The standard InChI is InChI=1S/C7H16N2O2/c1-3-8-7(10)9-5-4-6-11-2/h3-6H2,1-2H3,(H2,8,9,10). The monoisotopic (exact) mass is 160 g/mol. The lowest BCUT2D eigenvalue weighted by atomic mass is 10.4. The number of carbonyl (C=O) groups is 1. The number of rotatable bonds is 5. The van der Waals surface area contributed by atoms with Crippen molar-refractivity contribution in [1.82, 2.24) is 10.6 Å². The van der Waals surface area contributed by atoms with E-state index in [9.17, 15) is 4.79 Å². The molecule has 66 valence electrons. The molecule has 2 amide bonds. The molecule has 0 heterocycles. The van der Waals surface area contributed by atoms with Crippen molar-refractivity contribution in [1.29, 1.82) is 0 Å². The minimum absolute atomic E-state index is 0.108. The summed E-state index contributed by atoms with van der Waals surface area (Å²) in [5.41, 5.74) is 0. The molecule has 0 spiro atoms. The predicted molar refractivity (Wildman–Crippen MR) is 43.6 cm³/mol. The average Bonchev–Trinajstić information content (AvgIpc) is 1.99. The van der Waals surface area contributed by atoms with E-state index in [-0.39, 0.29) is 6.03 Å². The first-order valence-electron chi connectivity index (χ1n) is 3.82. The van der Waals surface area contributed by atoms with Gasteiger partial charge >= 0.3 is 6.03 Å². The van der Waals surface area contributed by atoms with Crippen molar-refractivity contribution in [2.45, 2.75) is 13.3 Å². The van der Waals surface area contributed by atoms with Crippen molar-refractivity contribution in [2.24, 2.45) is 0 Å². The summed E-state index contributed by atoms with van der Waals surface area (Å²) in [6.45, 7) is 3.90. The van der Waals surface area contributed by atoms with Gasteiger partial charge in [0, 0.05) is 26.8 Å². The van der Waals surface area contributed by atoms with Gasteiger partial charge in [0.25, 0.3) is 0 Å². The van der Waals surface area contributed by atoms with Gasteiger partial charge in [-0.25, -0.2) is 4.79 Å². The summed E-state index contributed by atoms with van der Waals surface area (Å²) in [7, 11) is 1.64. The fourth-order valence-electron chi connectivity index (χ4n) is 0.641. The van der Waals surface area contributed by atoms with Gasteiger partial charge < -0.3 is 15.4 Å². The van der Waals surface area contributed by atoms with Crippen molar-refractivity contribution in [2.75, 3.05) is 26.8 Å². The molecular formula is C7H16N2O2. The molecule has 0 atom stereocenters. The van der Waals surface area contributed by atoms with Crippen LogP contribution in [0.5, 0.6) is 0 Å². The molecular weight excluding hydrogens is 144 g/mol. The van der Waals surface area contributed by atoms with E-state index in [0.29, 0.717) is 19.7 Å². The zero-order valence-electron chi connectivity index (χ0n) is 7.14. The van der Waals surface area contributed by atoms with Crippen LogP contribution in [0.3, 0.4) is 0 Å². The maximum atomic E-state index is 10.7. The van der Waals surface area contributed by atoms with E-state index in [0.717, 1.165) is 6.42 Å². The highest BCUT2D eigenvalue weighted by atomic mass is 16.5. The number of carbonyl (C=O) groups excluding carboxylic acids is 1. The van der Waals surface area contributed by atoms with Gasteiger partial charge in [-0.2, -0.15) is 0 Å². The van der Waals surface area contributed by atoms with E-state index in [1.165, 1.54) is 0 Å². The Labute approximate surface area is 67.3 Å². The van der Waals surface area contributed by atoms with Crippen molar-refractivity contribution >= 4 is 6.03 Å². The van der Waals surface area contributed by atoms with Crippen LogP contribution in [0.2, 0.25) is 0 Å². The van der Waals surface area contributed by atoms with Crippen LogP contribution in [0.15, 0.2) is 0 Å². The van der Waals surface area contributed by atoms with Crippen molar-refractivity contribution in [3.63, 3.8) is 0 Å². The highest BCUT2D eigenvalue weighted by Crippen LogP contribution is 1.76. The third-order valence-electron chi connectivity index (χ3n) is 1.15. The minimum Gasteiger partial charge on any atom is -0.385 e. The third-order valence-corrected chi connectivity index (χ3v) is 1.15. The van der Waals surface area contributed by atoms with Crippen molar-refractivity contribution in [3.8, 4) is 0 Å². The van der Waals surface area contributed by atoms with Gasteiger partial charge in [0.15, 0.2) is 0 Å². The minimum atomic E-state index is -0.108. The molecule has 4 heteroatoms. The van der Waals surface area contributed by atoms with Crippen LogP contribution < -0.4 is 10.6 Å². The van der Waals surface area contributed by atoms with Gasteiger partial charge in [-0.3, -0.25) is 0 Å². The van der Waals surface area contributed by atoms with E-state index in [2.05, 4.69) is 10.6 Å². The number of methoxy groups -OCH3 is 1. The van der Waals surface area contributed by atoms with Crippen molar-refractivity contribution < 1.29 is 9.53 Å². The smallest absolute Gasteiger partial charge is 0.314 e. The molecule has 0 saturated heterocycles. The quantitative estimate of drug-likeness (QED) is 0.570. The summed E-state index contributed by atoms with van der Waals surface area (Å²) < 4.78 is 4.81. The second kappa shape index (κ2) is 7.34.